The molecule has 1 unspecified atom stereocenters. The van der Waals surface area contributed by atoms with Crippen molar-refractivity contribution in [3.8, 4) is 0 Å². The number of benzene rings is 1. The van der Waals surface area contributed by atoms with Gasteiger partial charge in [0.1, 0.15) is 0 Å². The second-order valence-corrected chi connectivity index (χ2v) is 7.19. The van der Waals surface area contributed by atoms with Crippen molar-refractivity contribution in [3.05, 3.63) is 30.3 Å². The lowest BCUT2D eigenvalue weighted by atomic mass is 10.1. The van der Waals surface area contributed by atoms with E-state index in [1.54, 1.807) is 37.3 Å². The summed E-state index contributed by atoms with van der Waals surface area (Å²) in [5.74, 6) is -1.27. The van der Waals surface area contributed by atoms with E-state index in [9.17, 15) is 13.2 Å². The summed E-state index contributed by atoms with van der Waals surface area (Å²) in [6.45, 7) is 4.02. The highest BCUT2D eigenvalue weighted by Gasteiger charge is 2.29. The Labute approximate surface area is 125 Å². The second-order valence-electron chi connectivity index (χ2n) is 5.26. The maximum atomic E-state index is 12.4. The van der Waals surface area contributed by atoms with Gasteiger partial charge in [0.15, 0.2) is 0 Å². The third kappa shape index (κ3) is 3.81. The van der Waals surface area contributed by atoms with Gasteiger partial charge in [-0.05, 0) is 12.1 Å². The number of hydrogen-bond donors (Lipinski definition) is 1. The van der Waals surface area contributed by atoms with Crippen LogP contribution in [-0.4, -0.2) is 61.4 Å². The summed E-state index contributed by atoms with van der Waals surface area (Å²) in [4.78, 5) is 13.1. The molecule has 0 radical (unpaired) electrons. The van der Waals surface area contributed by atoms with Gasteiger partial charge in [0.2, 0.25) is 10.0 Å². The van der Waals surface area contributed by atoms with Crippen molar-refractivity contribution < 1.29 is 18.3 Å². The Morgan fingerprint density at radius 2 is 1.76 bits per heavy atom. The first-order valence-electron chi connectivity index (χ1n) is 6.91. The molecule has 0 spiro atoms. The number of carboxylic acid groups (broad SMARTS) is 1. The number of rotatable bonds is 5. The number of hydrogen-bond acceptors (Lipinski definition) is 4. The number of sulfonamides is 1. The van der Waals surface area contributed by atoms with E-state index in [-0.39, 0.29) is 0 Å². The fourth-order valence-electron chi connectivity index (χ4n) is 2.36. The molecule has 2 rings (SSSR count). The molecule has 0 amide bonds. The topological polar surface area (TPSA) is 77.9 Å². The van der Waals surface area contributed by atoms with Gasteiger partial charge in [0, 0.05) is 32.7 Å². The maximum absolute atomic E-state index is 12.4. The molecule has 1 atom stereocenters. The van der Waals surface area contributed by atoms with Crippen molar-refractivity contribution in [2.75, 3.05) is 32.7 Å². The molecule has 1 saturated heterocycles. The third-order valence-electron chi connectivity index (χ3n) is 3.67. The van der Waals surface area contributed by atoms with Crippen LogP contribution in [0, 0.1) is 5.92 Å². The summed E-state index contributed by atoms with van der Waals surface area (Å²) in [6.07, 6.45) is 0. The van der Waals surface area contributed by atoms with Crippen LogP contribution in [0.4, 0.5) is 0 Å². The molecule has 1 aliphatic heterocycles. The molecule has 1 heterocycles. The van der Waals surface area contributed by atoms with E-state index < -0.39 is 21.9 Å². The van der Waals surface area contributed by atoms with Crippen LogP contribution < -0.4 is 0 Å². The van der Waals surface area contributed by atoms with Crippen molar-refractivity contribution in [2.24, 2.45) is 5.92 Å². The van der Waals surface area contributed by atoms with Crippen LogP contribution in [0.2, 0.25) is 0 Å². The molecule has 1 aromatic rings. The monoisotopic (exact) mass is 312 g/mol. The normalized spacial score (nSPS) is 19.3. The Bertz CT molecular complexity index is 580. The highest BCUT2D eigenvalue weighted by Crippen LogP contribution is 2.17. The van der Waals surface area contributed by atoms with Crippen LogP contribution in [-0.2, 0) is 14.8 Å². The van der Waals surface area contributed by atoms with E-state index in [2.05, 4.69) is 0 Å². The average molecular weight is 312 g/mol. The standard InChI is InChI=1S/C14H20N2O4S/c1-12(14(17)18)11-15-7-9-16(10-8-15)21(19,20)13-5-3-2-4-6-13/h2-6,12H,7-11H2,1H3,(H,17,18). The lowest BCUT2D eigenvalue weighted by Crippen LogP contribution is -2.49. The van der Waals surface area contributed by atoms with Crippen LogP contribution in [0.25, 0.3) is 0 Å². The van der Waals surface area contributed by atoms with Crippen LogP contribution in [0.1, 0.15) is 6.92 Å². The number of carboxylic acids is 1. The first-order chi connectivity index (χ1) is 9.91. The van der Waals surface area contributed by atoms with E-state index in [0.717, 1.165) is 0 Å². The first kappa shape index (κ1) is 15.9. The molecule has 0 saturated carbocycles. The second kappa shape index (κ2) is 6.55. The van der Waals surface area contributed by atoms with Crippen molar-refractivity contribution in [3.63, 3.8) is 0 Å². The number of carbonyl (C=O) groups is 1. The summed E-state index contributed by atoms with van der Waals surface area (Å²) in [5.41, 5.74) is 0. The van der Waals surface area contributed by atoms with Gasteiger partial charge < -0.3 is 5.11 Å². The minimum Gasteiger partial charge on any atom is -0.481 e. The number of nitrogens with zero attached hydrogens (tertiary/aromatic N) is 2. The molecule has 1 N–H and O–H groups in total. The summed E-state index contributed by atoms with van der Waals surface area (Å²) in [6, 6.07) is 8.38. The Morgan fingerprint density at radius 3 is 2.29 bits per heavy atom. The van der Waals surface area contributed by atoms with E-state index in [1.807, 2.05) is 4.90 Å². The van der Waals surface area contributed by atoms with Crippen molar-refractivity contribution in [1.29, 1.82) is 0 Å². The van der Waals surface area contributed by atoms with Crippen LogP contribution in [0.15, 0.2) is 35.2 Å². The molecule has 0 aliphatic carbocycles. The van der Waals surface area contributed by atoms with Gasteiger partial charge in [-0.25, -0.2) is 8.42 Å². The van der Waals surface area contributed by atoms with Gasteiger partial charge in [-0.1, -0.05) is 25.1 Å². The van der Waals surface area contributed by atoms with Crippen molar-refractivity contribution in [2.45, 2.75) is 11.8 Å². The predicted octanol–water partition coefficient (Wildman–Crippen LogP) is 0.714. The molecule has 7 heteroatoms. The Hall–Kier alpha value is -1.44. The molecule has 0 bridgehead atoms. The van der Waals surface area contributed by atoms with E-state index >= 15 is 0 Å². The highest BCUT2D eigenvalue weighted by atomic mass is 32.2. The summed E-state index contributed by atoms with van der Waals surface area (Å²) in [5, 5.41) is 8.91. The molecular weight excluding hydrogens is 292 g/mol. The van der Waals surface area contributed by atoms with E-state index in [1.165, 1.54) is 4.31 Å². The van der Waals surface area contributed by atoms with Gasteiger partial charge >= 0.3 is 5.97 Å². The molecule has 116 valence electrons. The quantitative estimate of drug-likeness (QED) is 0.866. The fraction of sp³-hybridized carbons (Fsp3) is 0.500. The molecule has 1 aliphatic rings. The lowest BCUT2D eigenvalue weighted by Gasteiger charge is -2.34. The Kier molecular flexibility index (Phi) is 4.97. The van der Waals surface area contributed by atoms with Crippen molar-refractivity contribution >= 4 is 16.0 Å². The summed E-state index contributed by atoms with van der Waals surface area (Å²) >= 11 is 0. The third-order valence-corrected chi connectivity index (χ3v) is 5.58. The number of aliphatic carboxylic acids is 1. The zero-order valence-electron chi connectivity index (χ0n) is 12.0. The molecule has 1 aromatic carbocycles. The largest absolute Gasteiger partial charge is 0.481 e. The van der Waals surface area contributed by atoms with E-state index in [0.29, 0.717) is 37.6 Å². The van der Waals surface area contributed by atoms with Gasteiger partial charge in [-0.3, -0.25) is 9.69 Å². The van der Waals surface area contributed by atoms with Crippen LogP contribution in [0.5, 0.6) is 0 Å². The average Bonchev–Trinajstić information content (AvgIpc) is 2.48. The van der Waals surface area contributed by atoms with Gasteiger partial charge in [0.25, 0.3) is 0 Å². The van der Waals surface area contributed by atoms with Gasteiger partial charge in [-0.2, -0.15) is 4.31 Å². The van der Waals surface area contributed by atoms with Crippen LogP contribution in [0.3, 0.4) is 0 Å². The zero-order chi connectivity index (χ0) is 15.5. The Balaban J connectivity index is 1.96. The fourth-order valence-corrected chi connectivity index (χ4v) is 3.80. The minimum atomic E-state index is -3.44. The van der Waals surface area contributed by atoms with E-state index in [4.69, 9.17) is 5.11 Å². The lowest BCUT2D eigenvalue weighted by molar-refractivity contribution is -0.141. The smallest absolute Gasteiger partial charge is 0.307 e. The molecule has 1 fully saturated rings. The van der Waals surface area contributed by atoms with Gasteiger partial charge in [0.05, 0.1) is 10.8 Å². The first-order valence-corrected chi connectivity index (χ1v) is 8.35. The number of piperazine rings is 1. The molecule has 6 nitrogen and oxygen atoms in total. The zero-order valence-corrected chi connectivity index (χ0v) is 12.8. The minimum absolute atomic E-state index is 0.303. The highest BCUT2D eigenvalue weighted by molar-refractivity contribution is 7.89. The SMILES string of the molecule is CC(CN1CCN(S(=O)(=O)c2ccccc2)CC1)C(=O)O. The summed E-state index contributed by atoms with van der Waals surface area (Å²) < 4.78 is 26.3. The molecule has 0 aromatic heterocycles. The van der Waals surface area contributed by atoms with Crippen LogP contribution >= 0.6 is 0 Å². The van der Waals surface area contributed by atoms with Gasteiger partial charge in [-0.15, -0.1) is 0 Å². The van der Waals surface area contributed by atoms with Crippen molar-refractivity contribution in [1.82, 2.24) is 9.21 Å². The predicted molar refractivity (Wildman–Crippen MR) is 78.4 cm³/mol. The Morgan fingerprint density at radius 1 is 1.19 bits per heavy atom. The molecule has 21 heavy (non-hydrogen) atoms. The maximum Gasteiger partial charge on any atom is 0.307 e. The molecular formula is C14H20N2O4S. The summed E-state index contributed by atoms with van der Waals surface area (Å²) in [7, 11) is -3.44.